The third-order valence-corrected chi connectivity index (χ3v) is 2.09. The Labute approximate surface area is 78.7 Å². The Morgan fingerprint density at radius 1 is 1.79 bits per heavy atom. The molecule has 1 N–H and O–H groups in total. The van der Waals surface area contributed by atoms with E-state index in [-0.39, 0.29) is 6.42 Å². The highest BCUT2D eigenvalue weighted by Crippen LogP contribution is 2.33. The van der Waals surface area contributed by atoms with Crippen molar-refractivity contribution in [2.24, 2.45) is 5.41 Å². The van der Waals surface area contributed by atoms with Gasteiger partial charge in [-0.05, 0) is 19.4 Å². The van der Waals surface area contributed by atoms with Crippen LogP contribution >= 0.6 is 0 Å². The molecule has 1 rings (SSSR count). The van der Waals surface area contributed by atoms with Crippen LogP contribution in [-0.2, 0) is 4.79 Å². The molecule has 0 saturated heterocycles. The molecule has 1 aliphatic carbocycles. The molecule has 0 spiro atoms. The molecule has 76 valence electrons. The second kappa shape index (κ2) is 3.21. The fraction of sp³-hybridized carbons (Fsp3) is 0.375. The minimum atomic E-state index is -1.39. The van der Waals surface area contributed by atoms with Crippen molar-refractivity contribution in [2.45, 2.75) is 13.3 Å². The van der Waals surface area contributed by atoms with Gasteiger partial charge in [-0.15, -0.1) is 0 Å². The number of carboxylic acid groups (broad SMARTS) is 1. The first-order valence-electron chi connectivity index (χ1n) is 3.83. The van der Waals surface area contributed by atoms with Crippen molar-refractivity contribution in [3.63, 3.8) is 0 Å². The molecule has 0 aromatic rings. The molecule has 1 aliphatic rings. The lowest BCUT2D eigenvalue weighted by Crippen LogP contribution is -2.28. The molecule has 0 radical (unpaired) electrons. The fourth-order valence-electron chi connectivity index (χ4n) is 1.12. The molecular weight excluding hydrogens is 193 g/mol. The lowest BCUT2D eigenvalue weighted by Gasteiger charge is -2.20. The van der Waals surface area contributed by atoms with Crippen LogP contribution in [0.2, 0.25) is 0 Å². The first-order valence-corrected chi connectivity index (χ1v) is 3.83. The van der Waals surface area contributed by atoms with Gasteiger partial charge in [-0.25, -0.2) is 0 Å². The highest BCUT2D eigenvalue weighted by Gasteiger charge is 2.38. The number of nitro groups is 1. The maximum atomic E-state index is 12.9. The number of allylic oxidation sites excluding steroid dienone is 2. The normalized spacial score (nSPS) is 26.4. The van der Waals surface area contributed by atoms with E-state index in [9.17, 15) is 19.3 Å². The van der Waals surface area contributed by atoms with E-state index in [1.54, 1.807) is 0 Å². The monoisotopic (exact) mass is 201 g/mol. The van der Waals surface area contributed by atoms with Crippen LogP contribution in [0.5, 0.6) is 0 Å². The first-order chi connectivity index (χ1) is 6.37. The van der Waals surface area contributed by atoms with Gasteiger partial charge >= 0.3 is 11.7 Å². The number of hydrogen-bond donors (Lipinski definition) is 1. The van der Waals surface area contributed by atoms with Gasteiger partial charge in [0.15, 0.2) is 5.83 Å². The molecule has 0 fully saturated rings. The first kappa shape index (κ1) is 10.4. The van der Waals surface area contributed by atoms with Crippen molar-refractivity contribution >= 4 is 5.97 Å². The average molecular weight is 201 g/mol. The lowest BCUT2D eigenvalue weighted by molar-refractivity contribution is -0.423. The Morgan fingerprint density at radius 3 is 2.79 bits per heavy atom. The van der Waals surface area contributed by atoms with Gasteiger partial charge in [0.05, 0.1) is 10.3 Å². The second-order valence-corrected chi connectivity index (χ2v) is 3.27. The number of carboxylic acids is 1. The van der Waals surface area contributed by atoms with Crippen molar-refractivity contribution in [2.75, 3.05) is 0 Å². The van der Waals surface area contributed by atoms with E-state index in [1.165, 1.54) is 6.92 Å². The van der Waals surface area contributed by atoms with Crippen LogP contribution in [0.15, 0.2) is 23.7 Å². The maximum absolute atomic E-state index is 12.9. The van der Waals surface area contributed by atoms with E-state index >= 15 is 0 Å². The lowest BCUT2D eigenvalue weighted by atomic mass is 9.83. The van der Waals surface area contributed by atoms with E-state index < -0.39 is 27.8 Å². The van der Waals surface area contributed by atoms with Crippen LogP contribution in [0.1, 0.15) is 13.3 Å². The van der Waals surface area contributed by atoms with Crippen LogP contribution in [-0.4, -0.2) is 16.0 Å². The standard InChI is InChI=1S/C8H8FNO4/c1-8(7(11)12)3-2-5(9)6(4-8)10(13)14/h2,4H,3H2,1H3,(H,11,12). The molecule has 0 amide bonds. The number of rotatable bonds is 2. The predicted molar refractivity (Wildman–Crippen MR) is 44.6 cm³/mol. The zero-order valence-corrected chi connectivity index (χ0v) is 7.36. The fourth-order valence-corrected chi connectivity index (χ4v) is 1.12. The van der Waals surface area contributed by atoms with E-state index in [2.05, 4.69) is 0 Å². The summed E-state index contributed by atoms with van der Waals surface area (Å²) in [7, 11) is 0. The van der Waals surface area contributed by atoms with E-state index in [4.69, 9.17) is 5.11 Å². The van der Waals surface area contributed by atoms with Gasteiger partial charge in [0.2, 0.25) is 0 Å². The molecule has 0 bridgehead atoms. The maximum Gasteiger partial charge on any atom is 0.313 e. The molecule has 14 heavy (non-hydrogen) atoms. The molecule has 5 nitrogen and oxygen atoms in total. The summed E-state index contributed by atoms with van der Waals surface area (Å²) in [5.41, 5.74) is -2.17. The SMILES string of the molecule is CC1(C(=O)O)C=C([N+](=O)[O-])C(F)=CC1. The Bertz CT molecular complexity index is 360. The minimum Gasteiger partial charge on any atom is -0.481 e. The molecule has 0 aromatic heterocycles. The van der Waals surface area contributed by atoms with Crippen LogP contribution in [0.3, 0.4) is 0 Å². The summed E-state index contributed by atoms with van der Waals surface area (Å²) in [6, 6.07) is 0. The Hall–Kier alpha value is -1.72. The highest BCUT2D eigenvalue weighted by atomic mass is 19.1. The van der Waals surface area contributed by atoms with Crippen molar-refractivity contribution in [3.05, 3.63) is 33.8 Å². The summed E-state index contributed by atoms with van der Waals surface area (Å²) in [5.74, 6) is -2.19. The molecular formula is C8H8FNO4. The second-order valence-electron chi connectivity index (χ2n) is 3.27. The topological polar surface area (TPSA) is 80.4 Å². The largest absolute Gasteiger partial charge is 0.481 e. The number of nitrogens with zero attached hydrogens (tertiary/aromatic N) is 1. The van der Waals surface area contributed by atoms with Crippen LogP contribution in [0.25, 0.3) is 0 Å². The van der Waals surface area contributed by atoms with Gasteiger partial charge in [0, 0.05) is 6.08 Å². The molecule has 0 heterocycles. The number of aliphatic carboxylic acids is 1. The summed E-state index contributed by atoms with van der Waals surface area (Å²) in [5, 5.41) is 19.1. The van der Waals surface area contributed by atoms with Gasteiger partial charge in [-0.2, -0.15) is 4.39 Å². The summed E-state index contributed by atoms with van der Waals surface area (Å²) in [6.45, 7) is 1.31. The summed E-state index contributed by atoms with van der Waals surface area (Å²) >= 11 is 0. The molecule has 0 aromatic carbocycles. The molecule has 1 atom stereocenters. The van der Waals surface area contributed by atoms with E-state index in [0.717, 1.165) is 12.2 Å². The van der Waals surface area contributed by atoms with Gasteiger partial charge in [-0.1, -0.05) is 0 Å². The highest BCUT2D eigenvalue weighted by molar-refractivity contribution is 5.77. The molecule has 1 unspecified atom stereocenters. The smallest absolute Gasteiger partial charge is 0.313 e. The van der Waals surface area contributed by atoms with E-state index in [1.807, 2.05) is 0 Å². The van der Waals surface area contributed by atoms with Crippen LogP contribution in [0, 0.1) is 15.5 Å². The van der Waals surface area contributed by atoms with Gasteiger partial charge in [-0.3, -0.25) is 14.9 Å². The number of carbonyl (C=O) groups is 1. The molecule has 0 saturated carbocycles. The predicted octanol–water partition coefficient (Wildman–Crippen LogP) is 1.49. The molecule has 6 heteroatoms. The summed E-state index contributed by atoms with van der Waals surface area (Å²) < 4.78 is 12.9. The third-order valence-electron chi connectivity index (χ3n) is 2.09. The summed E-state index contributed by atoms with van der Waals surface area (Å²) in [6.07, 6.45) is 1.68. The Balaban J connectivity index is 3.13. The van der Waals surface area contributed by atoms with Gasteiger partial charge < -0.3 is 5.11 Å². The Kier molecular flexibility index (Phi) is 2.37. The minimum absolute atomic E-state index is 0.0779. The third kappa shape index (κ3) is 1.63. The quantitative estimate of drug-likeness (QED) is 0.542. The Morgan fingerprint density at radius 2 is 2.36 bits per heavy atom. The summed E-state index contributed by atoms with van der Waals surface area (Å²) in [4.78, 5) is 20.1. The van der Waals surface area contributed by atoms with Gasteiger partial charge in [0.25, 0.3) is 0 Å². The van der Waals surface area contributed by atoms with Crippen molar-refractivity contribution in [1.82, 2.24) is 0 Å². The number of hydrogen-bond acceptors (Lipinski definition) is 3. The van der Waals surface area contributed by atoms with Crippen molar-refractivity contribution < 1.29 is 19.2 Å². The zero-order valence-electron chi connectivity index (χ0n) is 7.36. The molecule has 0 aliphatic heterocycles. The van der Waals surface area contributed by atoms with Gasteiger partial charge in [0.1, 0.15) is 0 Å². The zero-order chi connectivity index (χ0) is 10.9. The van der Waals surface area contributed by atoms with Crippen LogP contribution < -0.4 is 0 Å². The number of halogens is 1. The van der Waals surface area contributed by atoms with Crippen molar-refractivity contribution in [3.8, 4) is 0 Å². The van der Waals surface area contributed by atoms with Crippen LogP contribution in [0.4, 0.5) is 4.39 Å². The average Bonchev–Trinajstić information content (AvgIpc) is 2.09. The van der Waals surface area contributed by atoms with E-state index in [0.29, 0.717) is 0 Å². The van der Waals surface area contributed by atoms with Crippen molar-refractivity contribution in [1.29, 1.82) is 0 Å².